The summed E-state index contributed by atoms with van der Waals surface area (Å²) >= 11 is 0. The Hall–Kier alpha value is -1.51. The van der Waals surface area contributed by atoms with Crippen molar-refractivity contribution in [2.24, 2.45) is 0 Å². The first-order valence-corrected chi connectivity index (χ1v) is 4.55. The van der Waals surface area contributed by atoms with Gasteiger partial charge < -0.3 is 9.84 Å². The summed E-state index contributed by atoms with van der Waals surface area (Å²) in [5, 5.41) is 8.71. The fourth-order valence-electron chi connectivity index (χ4n) is 1.53. The van der Waals surface area contributed by atoms with E-state index in [0.717, 1.165) is 23.3 Å². The van der Waals surface area contributed by atoms with Crippen LogP contribution in [0.25, 0.3) is 0 Å². The van der Waals surface area contributed by atoms with Gasteiger partial charge in [-0.25, -0.2) is 0 Å². The maximum absolute atomic E-state index is 10.6. The van der Waals surface area contributed by atoms with Gasteiger partial charge in [0.15, 0.2) is 0 Å². The summed E-state index contributed by atoms with van der Waals surface area (Å²) in [5.41, 5.74) is 1.82. The summed E-state index contributed by atoms with van der Waals surface area (Å²) in [6.07, 6.45) is 0.840. The molecule has 0 spiro atoms. The van der Waals surface area contributed by atoms with E-state index in [1.807, 2.05) is 25.1 Å². The van der Waals surface area contributed by atoms with E-state index < -0.39 is 5.97 Å². The van der Waals surface area contributed by atoms with Crippen LogP contribution in [0.1, 0.15) is 18.1 Å². The molecule has 0 amide bonds. The van der Waals surface area contributed by atoms with E-state index in [4.69, 9.17) is 9.84 Å². The molecule has 0 atom stereocenters. The third kappa shape index (κ3) is 2.25. The fourth-order valence-corrected chi connectivity index (χ4v) is 1.53. The lowest BCUT2D eigenvalue weighted by Crippen LogP contribution is -2.04. The molecule has 0 radical (unpaired) electrons. The molecule has 1 aromatic carbocycles. The number of benzene rings is 1. The van der Waals surface area contributed by atoms with Crippen molar-refractivity contribution < 1.29 is 14.6 Å². The van der Waals surface area contributed by atoms with E-state index in [2.05, 4.69) is 0 Å². The van der Waals surface area contributed by atoms with Crippen molar-refractivity contribution in [3.8, 4) is 5.75 Å². The van der Waals surface area contributed by atoms with Crippen LogP contribution in [0.5, 0.6) is 5.75 Å². The van der Waals surface area contributed by atoms with Gasteiger partial charge in [0.1, 0.15) is 5.75 Å². The maximum atomic E-state index is 10.6. The minimum absolute atomic E-state index is 0.0559. The molecule has 0 fully saturated rings. The minimum Gasteiger partial charge on any atom is -0.496 e. The molecule has 0 saturated carbocycles. The maximum Gasteiger partial charge on any atom is 0.307 e. The molecule has 1 rings (SSSR count). The number of carboxylic acids is 1. The third-order valence-corrected chi connectivity index (χ3v) is 2.15. The topological polar surface area (TPSA) is 46.5 Å². The van der Waals surface area contributed by atoms with E-state index in [9.17, 15) is 4.79 Å². The summed E-state index contributed by atoms with van der Waals surface area (Å²) < 4.78 is 5.17. The molecule has 1 aromatic rings. The van der Waals surface area contributed by atoms with Crippen molar-refractivity contribution in [2.45, 2.75) is 19.8 Å². The van der Waals surface area contributed by atoms with Crippen LogP contribution in [0.2, 0.25) is 0 Å². The Morgan fingerprint density at radius 2 is 2.21 bits per heavy atom. The highest BCUT2D eigenvalue weighted by Crippen LogP contribution is 2.23. The largest absolute Gasteiger partial charge is 0.496 e. The first-order chi connectivity index (χ1) is 6.69. The fraction of sp³-hybridized carbons (Fsp3) is 0.364. The summed E-state index contributed by atoms with van der Waals surface area (Å²) in [6.45, 7) is 1.99. The van der Waals surface area contributed by atoms with Crippen molar-refractivity contribution in [3.05, 3.63) is 29.3 Å². The van der Waals surface area contributed by atoms with Crippen LogP contribution in [0.3, 0.4) is 0 Å². The second-order valence-electron chi connectivity index (χ2n) is 3.02. The van der Waals surface area contributed by atoms with Gasteiger partial charge in [-0.3, -0.25) is 4.79 Å². The molecule has 0 bridgehead atoms. The van der Waals surface area contributed by atoms with Crippen LogP contribution in [0, 0.1) is 0 Å². The predicted molar refractivity (Wildman–Crippen MR) is 53.7 cm³/mol. The third-order valence-electron chi connectivity index (χ3n) is 2.15. The van der Waals surface area contributed by atoms with Crippen molar-refractivity contribution >= 4 is 5.97 Å². The molecule has 0 heterocycles. The van der Waals surface area contributed by atoms with E-state index in [-0.39, 0.29) is 6.42 Å². The van der Waals surface area contributed by atoms with Crippen molar-refractivity contribution in [1.82, 2.24) is 0 Å². The molecule has 0 saturated heterocycles. The zero-order chi connectivity index (χ0) is 10.6. The Morgan fingerprint density at radius 1 is 1.50 bits per heavy atom. The number of aliphatic carboxylic acids is 1. The molecule has 1 N–H and O–H groups in total. The molecule has 0 unspecified atom stereocenters. The number of carboxylic acid groups (broad SMARTS) is 1. The Balaban J connectivity index is 3.08. The van der Waals surface area contributed by atoms with Gasteiger partial charge in [0.2, 0.25) is 0 Å². The lowest BCUT2D eigenvalue weighted by atomic mass is 10.0. The lowest BCUT2D eigenvalue weighted by molar-refractivity contribution is -0.136. The van der Waals surface area contributed by atoms with Crippen LogP contribution in [0.4, 0.5) is 0 Å². The average molecular weight is 194 g/mol. The Kier molecular flexibility index (Phi) is 3.51. The van der Waals surface area contributed by atoms with E-state index >= 15 is 0 Å². The van der Waals surface area contributed by atoms with E-state index in [1.165, 1.54) is 0 Å². The lowest BCUT2D eigenvalue weighted by Gasteiger charge is -2.10. The molecule has 3 nitrogen and oxygen atoms in total. The SMILES string of the molecule is CCc1c(CC(=O)O)cccc1OC. The Labute approximate surface area is 83.3 Å². The first kappa shape index (κ1) is 10.6. The predicted octanol–water partition coefficient (Wildman–Crippen LogP) is 1.88. The number of hydrogen-bond donors (Lipinski definition) is 1. The molecule has 76 valence electrons. The van der Waals surface area contributed by atoms with Crippen LogP contribution < -0.4 is 4.74 Å². The zero-order valence-corrected chi connectivity index (χ0v) is 8.41. The van der Waals surface area contributed by atoms with E-state index in [1.54, 1.807) is 7.11 Å². The van der Waals surface area contributed by atoms with Crippen molar-refractivity contribution in [3.63, 3.8) is 0 Å². The molecule has 14 heavy (non-hydrogen) atoms. The summed E-state index contributed by atoms with van der Waals surface area (Å²) in [6, 6.07) is 5.50. The minimum atomic E-state index is -0.812. The Morgan fingerprint density at radius 3 is 2.71 bits per heavy atom. The molecule has 0 aliphatic carbocycles. The highest BCUT2D eigenvalue weighted by molar-refractivity contribution is 5.71. The number of ether oxygens (including phenoxy) is 1. The highest BCUT2D eigenvalue weighted by Gasteiger charge is 2.09. The summed E-state index contributed by atoms with van der Waals surface area (Å²) in [4.78, 5) is 10.6. The standard InChI is InChI=1S/C11H14O3/c1-3-9-8(7-11(12)13)5-4-6-10(9)14-2/h4-6H,3,7H2,1-2H3,(H,12,13). The smallest absolute Gasteiger partial charge is 0.307 e. The molecular formula is C11H14O3. The van der Waals surface area contributed by atoms with Gasteiger partial charge in [-0.15, -0.1) is 0 Å². The number of rotatable bonds is 4. The molecule has 0 aliphatic heterocycles. The van der Waals surface area contributed by atoms with Crippen molar-refractivity contribution in [1.29, 1.82) is 0 Å². The first-order valence-electron chi connectivity index (χ1n) is 4.55. The number of methoxy groups -OCH3 is 1. The van der Waals surface area contributed by atoms with E-state index in [0.29, 0.717) is 0 Å². The Bertz CT molecular complexity index is 331. The van der Waals surface area contributed by atoms with Gasteiger partial charge in [0.05, 0.1) is 13.5 Å². The van der Waals surface area contributed by atoms with Crippen LogP contribution in [-0.4, -0.2) is 18.2 Å². The monoisotopic (exact) mass is 194 g/mol. The number of carbonyl (C=O) groups is 1. The van der Waals surface area contributed by atoms with Crippen LogP contribution in [0.15, 0.2) is 18.2 Å². The molecule has 0 aliphatic rings. The molecule has 3 heteroatoms. The van der Waals surface area contributed by atoms with Crippen LogP contribution in [-0.2, 0) is 17.6 Å². The average Bonchev–Trinajstić information content (AvgIpc) is 2.16. The van der Waals surface area contributed by atoms with Gasteiger partial charge in [0.25, 0.3) is 0 Å². The highest BCUT2D eigenvalue weighted by atomic mass is 16.5. The van der Waals surface area contributed by atoms with Crippen molar-refractivity contribution in [2.75, 3.05) is 7.11 Å². The van der Waals surface area contributed by atoms with Gasteiger partial charge in [-0.1, -0.05) is 19.1 Å². The summed E-state index contributed by atoms with van der Waals surface area (Å²) in [5.74, 6) is -0.0424. The second-order valence-corrected chi connectivity index (χ2v) is 3.02. The zero-order valence-electron chi connectivity index (χ0n) is 8.41. The second kappa shape index (κ2) is 4.65. The van der Waals surface area contributed by atoms with Crippen LogP contribution >= 0.6 is 0 Å². The quantitative estimate of drug-likeness (QED) is 0.796. The van der Waals surface area contributed by atoms with Gasteiger partial charge in [0, 0.05) is 0 Å². The molecule has 0 aromatic heterocycles. The molecular weight excluding hydrogens is 180 g/mol. The normalized spacial score (nSPS) is 9.86. The number of hydrogen-bond acceptors (Lipinski definition) is 2. The summed E-state index contributed by atoms with van der Waals surface area (Å²) in [7, 11) is 1.60. The van der Waals surface area contributed by atoms with Gasteiger partial charge in [-0.2, -0.15) is 0 Å². The van der Waals surface area contributed by atoms with Gasteiger partial charge in [-0.05, 0) is 23.6 Å². The van der Waals surface area contributed by atoms with Gasteiger partial charge >= 0.3 is 5.97 Å².